The van der Waals surface area contributed by atoms with Gasteiger partial charge in [-0.2, -0.15) is 0 Å². The number of rotatable bonds is 6. The van der Waals surface area contributed by atoms with Gasteiger partial charge in [-0.05, 0) is 49.8 Å². The molecule has 1 saturated heterocycles. The maximum Gasteiger partial charge on any atom is 0.193 e. The average Bonchev–Trinajstić information content (AvgIpc) is 3.16. The van der Waals surface area contributed by atoms with Crippen molar-refractivity contribution in [2.24, 2.45) is 10.9 Å². The molecule has 1 aromatic rings. The molecule has 144 valence electrons. The minimum absolute atomic E-state index is 0.388. The van der Waals surface area contributed by atoms with E-state index in [9.17, 15) is 0 Å². The normalized spacial score (nSPS) is 21.6. The van der Waals surface area contributed by atoms with Crippen LogP contribution in [-0.2, 0) is 11.3 Å². The van der Waals surface area contributed by atoms with Crippen molar-refractivity contribution in [3.05, 3.63) is 29.8 Å². The average molecular weight is 360 g/mol. The third-order valence-corrected chi connectivity index (χ3v) is 5.33. The predicted molar refractivity (Wildman–Crippen MR) is 106 cm³/mol. The number of nitrogens with one attached hydrogen (secondary N) is 1. The molecule has 5 heteroatoms. The molecule has 1 unspecified atom stereocenters. The molecule has 26 heavy (non-hydrogen) atoms. The van der Waals surface area contributed by atoms with Crippen LogP contribution in [0.2, 0.25) is 0 Å². The van der Waals surface area contributed by atoms with Gasteiger partial charge in [-0.3, -0.25) is 4.99 Å². The van der Waals surface area contributed by atoms with E-state index in [1.807, 2.05) is 7.05 Å². The predicted octanol–water partition coefficient (Wildman–Crippen LogP) is 3.44. The summed E-state index contributed by atoms with van der Waals surface area (Å²) < 4.78 is 11.7. The highest BCUT2D eigenvalue weighted by Gasteiger charge is 2.19. The summed E-state index contributed by atoms with van der Waals surface area (Å²) in [6.45, 7) is 3.48. The Bertz CT molecular complexity index is 578. The first-order valence-corrected chi connectivity index (χ1v) is 9.99. The van der Waals surface area contributed by atoms with Gasteiger partial charge in [-0.1, -0.05) is 18.6 Å². The van der Waals surface area contributed by atoms with E-state index in [-0.39, 0.29) is 0 Å². The molecule has 0 amide bonds. The summed E-state index contributed by atoms with van der Waals surface area (Å²) in [5.74, 6) is 2.52. The van der Waals surface area contributed by atoms with Crippen molar-refractivity contribution in [1.29, 1.82) is 0 Å². The van der Waals surface area contributed by atoms with Crippen LogP contribution in [0.3, 0.4) is 0 Å². The number of nitrogens with zero attached hydrogens (tertiary/aromatic N) is 2. The van der Waals surface area contributed by atoms with Crippen LogP contribution in [0.15, 0.2) is 29.3 Å². The second kappa shape index (κ2) is 9.81. The fourth-order valence-corrected chi connectivity index (χ4v) is 3.87. The molecule has 1 N–H and O–H groups in total. The first-order chi connectivity index (χ1) is 12.7. The summed E-state index contributed by atoms with van der Waals surface area (Å²) in [6, 6.07) is 8.44. The molecule has 3 rings (SSSR count). The lowest BCUT2D eigenvalue weighted by atomic mass is 9.98. The number of hydrogen-bond donors (Lipinski definition) is 1. The minimum Gasteiger partial charge on any atom is -0.490 e. The summed E-state index contributed by atoms with van der Waals surface area (Å²) >= 11 is 0. The molecular weight excluding hydrogens is 326 g/mol. The maximum atomic E-state index is 6.18. The van der Waals surface area contributed by atoms with Crippen molar-refractivity contribution in [2.45, 2.75) is 51.2 Å². The number of hydrogen-bond acceptors (Lipinski definition) is 3. The highest BCUT2D eigenvalue weighted by molar-refractivity contribution is 5.79. The van der Waals surface area contributed by atoms with Crippen molar-refractivity contribution in [2.75, 3.05) is 33.9 Å². The number of guanidine groups is 1. The van der Waals surface area contributed by atoms with Gasteiger partial charge in [0.15, 0.2) is 5.96 Å². The summed E-state index contributed by atoms with van der Waals surface area (Å²) in [6.07, 6.45) is 7.83. The van der Waals surface area contributed by atoms with Gasteiger partial charge in [0.05, 0.1) is 12.7 Å². The summed E-state index contributed by atoms with van der Waals surface area (Å²) in [7, 11) is 3.93. The van der Waals surface area contributed by atoms with Gasteiger partial charge in [0.1, 0.15) is 5.75 Å². The molecule has 0 bridgehead atoms. The second-order valence-corrected chi connectivity index (χ2v) is 7.54. The Morgan fingerprint density at radius 1 is 1.27 bits per heavy atom. The van der Waals surface area contributed by atoms with Crippen molar-refractivity contribution in [3.8, 4) is 5.75 Å². The van der Waals surface area contributed by atoms with Gasteiger partial charge in [0.2, 0.25) is 0 Å². The van der Waals surface area contributed by atoms with Crippen molar-refractivity contribution in [1.82, 2.24) is 10.2 Å². The molecule has 2 fully saturated rings. The molecule has 1 aliphatic heterocycles. The first-order valence-electron chi connectivity index (χ1n) is 9.99. The van der Waals surface area contributed by atoms with Crippen LogP contribution in [0.25, 0.3) is 0 Å². The van der Waals surface area contributed by atoms with Crippen LogP contribution in [0.4, 0.5) is 0 Å². The SMILES string of the molecule is CN=C(NCc1cccc(OC2CCCCC2)c1)N(C)CC1CCOC1. The molecule has 1 aromatic carbocycles. The van der Waals surface area contributed by atoms with E-state index in [0.29, 0.717) is 12.0 Å². The molecule has 0 radical (unpaired) electrons. The zero-order valence-corrected chi connectivity index (χ0v) is 16.2. The second-order valence-electron chi connectivity index (χ2n) is 7.54. The van der Waals surface area contributed by atoms with E-state index in [0.717, 1.165) is 44.4 Å². The third kappa shape index (κ3) is 5.63. The standard InChI is InChI=1S/C21H33N3O2/c1-22-21(24(2)15-18-11-12-25-16-18)23-14-17-7-6-10-20(13-17)26-19-8-4-3-5-9-19/h6-7,10,13,18-19H,3-5,8-9,11-12,14-16H2,1-2H3,(H,22,23). The zero-order valence-electron chi connectivity index (χ0n) is 16.2. The van der Waals surface area contributed by atoms with Crippen LogP contribution < -0.4 is 10.1 Å². The van der Waals surface area contributed by atoms with Gasteiger partial charge in [-0.25, -0.2) is 0 Å². The molecule has 1 aliphatic carbocycles. The summed E-state index contributed by atoms with van der Waals surface area (Å²) in [5, 5.41) is 3.47. The van der Waals surface area contributed by atoms with Gasteiger partial charge in [0, 0.05) is 39.7 Å². The number of aliphatic imine (C=N–C) groups is 1. The van der Waals surface area contributed by atoms with Gasteiger partial charge < -0.3 is 19.7 Å². The number of ether oxygens (including phenoxy) is 2. The maximum absolute atomic E-state index is 6.18. The van der Waals surface area contributed by atoms with Crippen LogP contribution in [-0.4, -0.2) is 50.8 Å². The Kier molecular flexibility index (Phi) is 7.18. The molecule has 1 heterocycles. The van der Waals surface area contributed by atoms with E-state index >= 15 is 0 Å². The van der Waals surface area contributed by atoms with E-state index < -0.39 is 0 Å². The van der Waals surface area contributed by atoms with E-state index in [1.54, 1.807) is 0 Å². The zero-order chi connectivity index (χ0) is 18.2. The first kappa shape index (κ1) is 19.0. The summed E-state index contributed by atoms with van der Waals surface area (Å²) in [5.41, 5.74) is 1.22. The molecule has 0 spiro atoms. The van der Waals surface area contributed by atoms with Crippen molar-refractivity contribution in [3.63, 3.8) is 0 Å². The lowest BCUT2D eigenvalue weighted by Gasteiger charge is -2.25. The highest BCUT2D eigenvalue weighted by atomic mass is 16.5. The monoisotopic (exact) mass is 359 g/mol. The quantitative estimate of drug-likeness (QED) is 0.624. The van der Waals surface area contributed by atoms with E-state index in [4.69, 9.17) is 9.47 Å². The van der Waals surface area contributed by atoms with Gasteiger partial charge >= 0.3 is 0 Å². The van der Waals surface area contributed by atoms with Gasteiger partial charge in [-0.15, -0.1) is 0 Å². The van der Waals surface area contributed by atoms with Crippen LogP contribution in [0, 0.1) is 5.92 Å². The molecular formula is C21H33N3O2. The third-order valence-electron chi connectivity index (χ3n) is 5.33. The lowest BCUT2D eigenvalue weighted by molar-refractivity contribution is 0.155. The van der Waals surface area contributed by atoms with Crippen LogP contribution in [0.5, 0.6) is 5.75 Å². The lowest BCUT2D eigenvalue weighted by Crippen LogP contribution is -2.41. The van der Waals surface area contributed by atoms with Crippen LogP contribution >= 0.6 is 0 Å². The number of benzene rings is 1. The Labute approximate surface area is 157 Å². The Morgan fingerprint density at radius 3 is 2.85 bits per heavy atom. The topological polar surface area (TPSA) is 46.1 Å². The Morgan fingerprint density at radius 2 is 2.12 bits per heavy atom. The molecule has 2 aliphatic rings. The summed E-state index contributed by atoms with van der Waals surface area (Å²) in [4.78, 5) is 6.62. The van der Waals surface area contributed by atoms with Crippen molar-refractivity contribution < 1.29 is 9.47 Å². The molecule has 5 nitrogen and oxygen atoms in total. The smallest absolute Gasteiger partial charge is 0.193 e. The Balaban J connectivity index is 1.50. The van der Waals surface area contributed by atoms with Crippen molar-refractivity contribution >= 4 is 5.96 Å². The highest BCUT2D eigenvalue weighted by Crippen LogP contribution is 2.24. The molecule has 1 atom stereocenters. The van der Waals surface area contributed by atoms with E-state index in [1.165, 1.54) is 37.7 Å². The minimum atomic E-state index is 0.388. The van der Waals surface area contributed by atoms with Crippen LogP contribution in [0.1, 0.15) is 44.1 Å². The fraction of sp³-hybridized carbons (Fsp3) is 0.667. The van der Waals surface area contributed by atoms with Gasteiger partial charge in [0.25, 0.3) is 0 Å². The molecule has 1 saturated carbocycles. The van der Waals surface area contributed by atoms with E-state index in [2.05, 4.69) is 46.5 Å². The Hall–Kier alpha value is -1.75. The molecule has 0 aromatic heterocycles. The fourth-order valence-electron chi connectivity index (χ4n) is 3.87. The largest absolute Gasteiger partial charge is 0.490 e.